The van der Waals surface area contributed by atoms with Gasteiger partial charge in [0, 0.05) is 21.8 Å². The molecule has 1 aliphatic heterocycles. The van der Waals surface area contributed by atoms with E-state index in [1.807, 2.05) is 10.8 Å². The first-order chi connectivity index (χ1) is 9.60. The second kappa shape index (κ2) is 5.30. The van der Waals surface area contributed by atoms with E-state index in [2.05, 4.69) is 33.2 Å². The number of nitrogens with one attached hydrogen (secondary N) is 1. The van der Waals surface area contributed by atoms with E-state index in [-0.39, 0.29) is 11.2 Å². The van der Waals surface area contributed by atoms with E-state index in [0.717, 1.165) is 41.8 Å². The van der Waals surface area contributed by atoms with Crippen molar-refractivity contribution in [2.45, 2.75) is 25.2 Å². The highest BCUT2D eigenvalue weighted by molar-refractivity contribution is 9.10. The SMILES string of the molecule is CC1(c2cncn2-c2cc(F)ccc2Br)CCNCC1. The van der Waals surface area contributed by atoms with E-state index in [0.29, 0.717) is 0 Å². The Kier molecular flexibility index (Phi) is 3.65. The number of halogens is 2. The largest absolute Gasteiger partial charge is 0.317 e. The molecule has 1 aliphatic rings. The van der Waals surface area contributed by atoms with E-state index in [9.17, 15) is 4.39 Å². The summed E-state index contributed by atoms with van der Waals surface area (Å²) >= 11 is 3.50. The molecule has 1 aromatic carbocycles. The number of imidazole rings is 1. The van der Waals surface area contributed by atoms with Crippen LogP contribution in [0.15, 0.2) is 35.2 Å². The van der Waals surface area contributed by atoms with Gasteiger partial charge in [-0.05, 0) is 60.1 Å². The first-order valence-electron chi connectivity index (χ1n) is 6.79. The zero-order valence-electron chi connectivity index (χ0n) is 11.4. The number of aromatic nitrogens is 2. The molecule has 0 amide bonds. The third-order valence-corrected chi connectivity index (χ3v) is 4.80. The minimum atomic E-state index is -0.238. The molecule has 0 unspecified atom stereocenters. The number of hydrogen-bond donors (Lipinski definition) is 1. The molecule has 1 N–H and O–H groups in total. The third-order valence-electron chi connectivity index (χ3n) is 4.13. The van der Waals surface area contributed by atoms with Gasteiger partial charge in [0.1, 0.15) is 5.82 Å². The fourth-order valence-electron chi connectivity index (χ4n) is 2.84. The van der Waals surface area contributed by atoms with E-state index in [1.165, 1.54) is 6.07 Å². The minimum Gasteiger partial charge on any atom is -0.317 e. The molecule has 0 aliphatic carbocycles. The van der Waals surface area contributed by atoms with Crippen molar-refractivity contribution in [2.75, 3.05) is 13.1 Å². The van der Waals surface area contributed by atoms with E-state index >= 15 is 0 Å². The lowest BCUT2D eigenvalue weighted by Gasteiger charge is -2.34. The van der Waals surface area contributed by atoms with Gasteiger partial charge in [0.25, 0.3) is 0 Å². The minimum absolute atomic E-state index is 0.0769. The Bertz CT molecular complexity index is 617. The number of nitrogens with zero attached hydrogens (tertiary/aromatic N) is 2. The van der Waals surface area contributed by atoms with Gasteiger partial charge in [-0.2, -0.15) is 0 Å². The Labute approximate surface area is 126 Å². The fraction of sp³-hybridized carbons (Fsp3) is 0.400. The molecule has 0 spiro atoms. The summed E-state index contributed by atoms with van der Waals surface area (Å²) in [6.45, 7) is 4.27. The molecule has 1 fully saturated rings. The predicted molar refractivity (Wildman–Crippen MR) is 80.7 cm³/mol. The molecular formula is C15H17BrFN3. The van der Waals surface area contributed by atoms with Crippen LogP contribution in [-0.2, 0) is 5.41 Å². The topological polar surface area (TPSA) is 29.9 Å². The average molecular weight is 338 g/mol. The first-order valence-corrected chi connectivity index (χ1v) is 7.58. The van der Waals surface area contributed by atoms with Gasteiger partial charge in [-0.1, -0.05) is 6.92 Å². The van der Waals surface area contributed by atoms with Gasteiger partial charge >= 0.3 is 0 Å². The molecule has 106 valence electrons. The second-order valence-electron chi connectivity index (χ2n) is 5.56. The van der Waals surface area contributed by atoms with Crippen LogP contribution in [0, 0.1) is 5.82 Å². The van der Waals surface area contributed by atoms with Crippen LogP contribution in [0.1, 0.15) is 25.5 Å². The molecule has 0 bridgehead atoms. The molecule has 0 radical (unpaired) electrons. The lowest BCUT2D eigenvalue weighted by molar-refractivity contribution is 0.324. The van der Waals surface area contributed by atoms with Crippen molar-refractivity contribution >= 4 is 15.9 Å². The monoisotopic (exact) mass is 337 g/mol. The number of hydrogen-bond acceptors (Lipinski definition) is 2. The Morgan fingerprint density at radius 3 is 2.85 bits per heavy atom. The predicted octanol–water partition coefficient (Wildman–Crippen LogP) is 3.42. The molecule has 3 nitrogen and oxygen atoms in total. The number of benzene rings is 1. The van der Waals surface area contributed by atoms with Gasteiger partial charge < -0.3 is 9.88 Å². The molecule has 0 atom stereocenters. The van der Waals surface area contributed by atoms with Crippen molar-refractivity contribution in [1.82, 2.24) is 14.9 Å². The van der Waals surface area contributed by atoms with Crippen molar-refractivity contribution < 1.29 is 4.39 Å². The van der Waals surface area contributed by atoms with Crippen LogP contribution in [0.25, 0.3) is 5.69 Å². The summed E-state index contributed by atoms with van der Waals surface area (Å²) in [5, 5.41) is 3.38. The molecule has 1 aromatic heterocycles. The molecule has 2 heterocycles. The summed E-state index contributed by atoms with van der Waals surface area (Å²) in [7, 11) is 0. The highest BCUT2D eigenvalue weighted by atomic mass is 79.9. The van der Waals surface area contributed by atoms with Crippen LogP contribution >= 0.6 is 15.9 Å². The molecule has 1 saturated heterocycles. The number of rotatable bonds is 2. The van der Waals surface area contributed by atoms with Crippen LogP contribution in [0.5, 0.6) is 0 Å². The quantitative estimate of drug-likeness (QED) is 0.909. The molecule has 0 saturated carbocycles. The fourth-order valence-corrected chi connectivity index (χ4v) is 3.28. The van der Waals surface area contributed by atoms with Crippen molar-refractivity contribution in [2.24, 2.45) is 0 Å². The normalized spacial score (nSPS) is 18.1. The van der Waals surface area contributed by atoms with Crippen LogP contribution in [0.3, 0.4) is 0 Å². The van der Waals surface area contributed by atoms with Gasteiger partial charge in [0.15, 0.2) is 0 Å². The van der Waals surface area contributed by atoms with Crippen molar-refractivity contribution in [3.05, 3.63) is 46.7 Å². The van der Waals surface area contributed by atoms with Gasteiger partial charge in [-0.25, -0.2) is 9.37 Å². The van der Waals surface area contributed by atoms with Crippen LogP contribution in [-0.4, -0.2) is 22.6 Å². The highest BCUT2D eigenvalue weighted by Crippen LogP contribution is 2.35. The summed E-state index contributed by atoms with van der Waals surface area (Å²) in [6, 6.07) is 4.73. The molecule has 20 heavy (non-hydrogen) atoms. The van der Waals surface area contributed by atoms with Crippen LogP contribution in [0.4, 0.5) is 4.39 Å². The summed E-state index contributed by atoms with van der Waals surface area (Å²) in [5.41, 5.74) is 2.02. The molecular weight excluding hydrogens is 321 g/mol. The Morgan fingerprint density at radius 2 is 2.10 bits per heavy atom. The van der Waals surface area contributed by atoms with Gasteiger partial charge in [0.05, 0.1) is 12.0 Å². The Morgan fingerprint density at radius 1 is 1.35 bits per heavy atom. The van der Waals surface area contributed by atoms with Crippen LogP contribution < -0.4 is 5.32 Å². The summed E-state index contributed by atoms with van der Waals surface area (Å²) in [4.78, 5) is 4.29. The zero-order chi connectivity index (χ0) is 14.2. The Hall–Kier alpha value is -1.20. The van der Waals surface area contributed by atoms with Gasteiger partial charge in [0.2, 0.25) is 0 Å². The number of piperidine rings is 1. The van der Waals surface area contributed by atoms with Crippen molar-refractivity contribution in [3.63, 3.8) is 0 Å². The van der Waals surface area contributed by atoms with Gasteiger partial charge in [-0.3, -0.25) is 0 Å². The lowest BCUT2D eigenvalue weighted by Crippen LogP contribution is -2.38. The van der Waals surface area contributed by atoms with Crippen molar-refractivity contribution in [1.29, 1.82) is 0 Å². The highest BCUT2D eigenvalue weighted by Gasteiger charge is 2.32. The third kappa shape index (κ3) is 2.40. The summed E-state index contributed by atoms with van der Waals surface area (Å²) in [6.07, 6.45) is 5.79. The van der Waals surface area contributed by atoms with E-state index < -0.39 is 0 Å². The summed E-state index contributed by atoms with van der Waals surface area (Å²) in [5.74, 6) is -0.238. The zero-order valence-corrected chi connectivity index (χ0v) is 13.0. The molecule has 5 heteroatoms. The van der Waals surface area contributed by atoms with Crippen LogP contribution in [0.2, 0.25) is 0 Å². The second-order valence-corrected chi connectivity index (χ2v) is 6.41. The average Bonchev–Trinajstić information content (AvgIpc) is 2.92. The van der Waals surface area contributed by atoms with Gasteiger partial charge in [-0.15, -0.1) is 0 Å². The smallest absolute Gasteiger partial charge is 0.125 e. The van der Waals surface area contributed by atoms with E-state index in [4.69, 9.17) is 0 Å². The maximum atomic E-state index is 13.5. The van der Waals surface area contributed by atoms with Crippen molar-refractivity contribution in [3.8, 4) is 5.69 Å². The maximum absolute atomic E-state index is 13.5. The summed E-state index contributed by atoms with van der Waals surface area (Å²) < 4.78 is 16.4. The standard InChI is InChI=1S/C15H17BrFN3/c1-15(4-6-18-7-5-15)14-9-19-10-20(14)13-8-11(17)2-3-12(13)16/h2-3,8-10,18H,4-7H2,1H3. The molecule has 3 rings (SSSR count). The van der Waals surface area contributed by atoms with E-state index in [1.54, 1.807) is 18.5 Å². The maximum Gasteiger partial charge on any atom is 0.125 e. The Balaban J connectivity index is 2.08. The lowest BCUT2D eigenvalue weighted by atomic mass is 9.78. The first kappa shape index (κ1) is 13.8. The molecule has 2 aromatic rings.